The van der Waals surface area contributed by atoms with Crippen molar-refractivity contribution in [3.63, 3.8) is 0 Å². The number of amides is 1. The normalized spacial score (nSPS) is 17.4. The van der Waals surface area contributed by atoms with Crippen LogP contribution in [0.4, 0.5) is 10.1 Å². The molecule has 0 saturated carbocycles. The second kappa shape index (κ2) is 6.02. The van der Waals surface area contributed by atoms with Crippen molar-refractivity contribution in [2.45, 2.75) is 32.4 Å². The van der Waals surface area contributed by atoms with E-state index < -0.39 is 0 Å². The number of benzene rings is 1. The first-order chi connectivity index (χ1) is 9.04. The molecule has 4 nitrogen and oxygen atoms in total. The van der Waals surface area contributed by atoms with E-state index in [0.717, 1.165) is 38.0 Å². The fraction of sp³-hybridized carbons (Fsp3) is 0.500. The van der Waals surface area contributed by atoms with Crippen molar-refractivity contribution in [3.05, 3.63) is 29.6 Å². The first-order valence-electron chi connectivity index (χ1n) is 6.58. The van der Waals surface area contributed by atoms with Crippen LogP contribution in [0.3, 0.4) is 0 Å². The standard InChI is InChI=1S/C14H20FN3O/c1-10(19)17-12-4-6-18(7-5-12)9-11-2-3-14(16)13(15)8-11/h2-3,8,12H,4-7,9,16H2,1H3,(H,17,19). The number of nitrogens with one attached hydrogen (secondary N) is 1. The van der Waals surface area contributed by atoms with E-state index in [9.17, 15) is 9.18 Å². The summed E-state index contributed by atoms with van der Waals surface area (Å²) in [5, 5.41) is 2.94. The number of nitrogens with zero attached hydrogens (tertiary/aromatic N) is 1. The minimum atomic E-state index is -0.356. The Morgan fingerprint density at radius 3 is 2.74 bits per heavy atom. The first-order valence-corrected chi connectivity index (χ1v) is 6.58. The molecule has 5 heteroatoms. The summed E-state index contributed by atoms with van der Waals surface area (Å²) in [5.74, 6) is -0.329. The Balaban J connectivity index is 1.85. The van der Waals surface area contributed by atoms with Gasteiger partial charge in [0.15, 0.2) is 0 Å². The molecule has 1 aliphatic rings. The van der Waals surface area contributed by atoms with Crippen LogP contribution in [0.5, 0.6) is 0 Å². The average Bonchev–Trinajstić information content (AvgIpc) is 2.36. The minimum Gasteiger partial charge on any atom is -0.396 e. The quantitative estimate of drug-likeness (QED) is 0.814. The zero-order valence-corrected chi connectivity index (χ0v) is 11.2. The van der Waals surface area contributed by atoms with Gasteiger partial charge in [-0.2, -0.15) is 0 Å². The number of halogens is 1. The molecule has 0 radical (unpaired) electrons. The molecule has 2 rings (SSSR count). The Morgan fingerprint density at radius 2 is 2.16 bits per heavy atom. The highest BCUT2D eigenvalue weighted by molar-refractivity contribution is 5.73. The van der Waals surface area contributed by atoms with Crippen molar-refractivity contribution in [3.8, 4) is 0 Å². The van der Waals surface area contributed by atoms with E-state index in [1.165, 1.54) is 6.07 Å². The van der Waals surface area contributed by atoms with Gasteiger partial charge in [0.05, 0.1) is 5.69 Å². The van der Waals surface area contributed by atoms with Gasteiger partial charge in [0.25, 0.3) is 0 Å². The van der Waals surface area contributed by atoms with Gasteiger partial charge in [0.2, 0.25) is 5.91 Å². The number of rotatable bonds is 3. The van der Waals surface area contributed by atoms with E-state index in [1.54, 1.807) is 13.0 Å². The SMILES string of the molecule is CC(=O)NC1CCN(Cc2ccc(N)c(F)c2)CC1. The Kier molecular flexibility index (Phi) is 4.37. The molecule has 1 fully saturated rings. The summed E-state index contributed by atoms with van der Waals surface area (Å²) in [7, 11) is 0. The molecule has 1 aliphatic heterocycles. The molecular weight excluding hydrogens is 245 g/mol. The van der Waals surface area contributed by atoms with Gasteiger partial charge in [0.1, 0.15) is 5.82 Å². The molecule has 0 aromatic heterocycles. The summed E-state index contributed by atoms with van der Waals surface area (Å²) < 4.78 is 13.3. The van der Waals surface area contributed by atoms with Crippen LogP contribution < -0.4 is 11.1 Å². The number of likely N-dealkylation sites (tertiary alicyclic amines) is 1. The molecule has 19 heavy (non-hydrogen) atoms. The summed E-state index contributed by atoms with van der Waals surface area (Å²) in [6, 6.07) is 5.24. The number of hydrogen-bond donors (Lipinski definition) is 2. The fourth-order valence-electron chi connectivity index (χ4n) is 2.45. The van der Waals surface area contributed by atoms with Gasteiger partial charge in [-0.15, -0.1) is 0 Å². The molecule has 0 unspecified atom stereocenters. The third kappa shape index (κ3) is 3.92. The fourth-order valence-corrected chi connectivity index (χ4v) is 2.45. The molecule has 0 bridgehead atoms. The van der Waals surface area contributed by atoms with Gasteiger partial charge in [0, 0.05) is 32.6 Å². The predicted molar refractivity (Wildman–Crippen MR) is 72.9 cm³/mol. The zero-order valence-electron chi connectivity index (χ0n) is 11.2. The number of piperidine rings is 1. The lowest BCUT2D eigenvalue weighted by Crippen LogP contribution is -2.43. The van der Waals surface area contributed by atoms with Gasteiger partial charge in [-0.3, -0.25) is 9.69 Å². The summed E-state index contributed by atoms with van der Waals surface area (Å²) >= 11 is 0. The van der Waals surface area contributed by atoms with E-state index in [2.05, 4.69) is 10.2 Å². The summed E-state index contributed by atoms with van der Waals surface area (Å²) in [6.07, 6.45) is 1.88. The molecule has 1 saturated heterocycles. The van der Waals surface area contributed by atoms with E-state index >= 15 is 0 Å². The zero-order chi connectivity index (χ0) is 13.8. The number of nitrogens with two attached hydrogens (primary N) is 1. The van der Waals surface area contributed by atoms with Crippen molar-refractivity contribution in [2.24, 2.45) is 0 Å². The van der Waals surface area contributed by atoms with Crippen LogP contribution in [0.25, 0.3) is 0 Å². The van der Waals surface area contributed by atoms with Crippen LogP contribution in [0, 0.1) is 5.82 Å². The monoisotopic (exact) mass is 265 g/mol. The maximum Gasteiger partial charge on any atom is 0.217 e. The van der Waals surface area contributed by atoms with Crippen molar-refractivity contribution >= 4 is 11.6 Å². The highest BCUT2D eigenvalue weighted by atomic mass is 19.1. The predicted octanol–water partition coefficient (Wildman–Crippen LogP) is 1.51. The maximum atomic E-state index is 13.3. The molecule has 3 N–H and O–H groups in total. The van der Waals surface area contributed by atoms with Gasteiger partial charge >= 0.3 is 0 Å². The molecule has 1 aromatic rings. The highest BCUT2D eigenvalue weighted by Gasteiger charge is 2.19. The molecule has 0 atom stereocenters. The third-order valence-corrected chi connectivity index (χ3v) is 3.47. The van der Waals surface area contributed by atoms with Crippen molar-refractivity contribution in [1.29, 1.82) is 0 Å². The van der Waals surface area contributed by atoms with Crippen molar-refractivity contribution < 1.29 is 9.18 Å². The van der Waals surface area contributed by atoms with E-state index in [4.69, 9.17) is 5.73 Å². The van der Waals surface area contributed by atoms with Crippen LogP contribution in [0.2, 0.25) is 0 Å². The highest BCUT2D eigenvalue weighted by Crippen LogP contribution is 2.17. The van der Waals surface area contributed by atoms with Crippen LogP contribution in [-0.2, 0) is 11.3 Å². The van der Waals surface area contributed by atoms with Gasteiger partial charge in [-0.1, -0.05) is 6.07 Å². The Labute approximate surface area is 112 Å². The van der Waals surface area contributed by atoms with Crippen LogP contribution >= 0.6 is 0 Å². The summed E-state index contributed by atoms with van der Waals surface area (Å²) in [4.78, 5) is 13.2. The van der Waals surface area contributed by atoms with Gasteiger partial charge in [-0.25, -0.2) is 4.39 Å². The number of carbonyl (C=O) groups is 1. The van der Waals surface area contributed by atoms with Gasteiger partial charge < -0.3 is 11.1 Å². The topological polar surface area (TPSA) is 58.4 Å². The number of anilines is 1. The third-order valence-electron chi connectivity index (χ3n) is 3.47. The Morgan fingerprint density at radius 1 is 1.47 bits per heavy atom. The Hall–Kier alpha value is -1.62. The number of nitrogen functional groups attached to an aromatic ring is 1. The molecular formula is C14H20FN3O. The van der Waals surface area contributed by atoms with Crippen molar-refractivity contribution in [2.75, 3.05) is 18.8 Å². The summed E-state index contributed by atoms with van der Waals surface area (Å²) in [6.45, 7) is 4.10. The lowest BCUT2D eigenvalue weighted by atomic mass is 10.0. The minimum absolute atomic E-state index is 0.0269. The molecule has 1 heterocycles. The summed E-state index contributed by atoms with van der Waals surface area (Å²) in [5.41, 5.74) is 6.58. The molecule has 1 amide bonds. The van der Waals surface area contributed by atoms with E-state index in [1.807, 2.05) is 6.07 Å². The Bertz CT molecular complexity index is 456. The van der Waals surface area contributed by atoms with E-state index in [-0.39, 0.29) is 23.5 Å². The lowest BCUT2D eigenvalue weighted by Gasteiger charge is -2.32. The largest absolute Gasteiger partial charge is 0.396 e. The van der Waals surface area contributed by atoms with Gasteiger partial charge in [-0.05, 0) is 30.5 Å². The molecule has 104 valence electrons. The smallest absolute Gasteiger partial charge is 0.217 e. The van der Waals surface area contributed by atoms with E-state index in [0.29, 0.717) is 0 Å². The number of carbonyl (C=O) groups excluding carboxylic acids is 1. The molecule has 1 aromatic carbocycles. The van der Waals surface area contributed by atoms with Crippen LogP contribution in [0.1, 0.15) is 25.3 Å². The molecule has 0 spiro atoms. The number of hydrogen-bond acceptors (Lipinski definition) is 3. The van der Waals surface area contributed by atoms with Crippen LogP contribution in [0.15, 0.2) is 18.2 Å². The maximum absolute atomic E-state index is 13.3. The second-order valence-electron chi connectivity index (χ2n) is 5.11. The lowest BCUT2D eigenvalue weighted by molar-refractivity contribution is -0.119. The average molecular weight is 265 g/mol. The van der Waals surface area contributed by atoms with Crippen LogP contribution in [-0.4, -0.2) is 29.9 Å². The first kappa shape index (κ1) is 13.8. The molecule has 0 aliphatic carbocycles. The second-order valence-corrected chi connectivity index (χ2v) is 5.11. The van der Waals surface area contributed by atoms with Crippen molar-refractivity contribution in [1.82, 2.24) is 10.2 Å².